The van der Waals surface area contributed by atoms with Crippen molar-refractivity contribution in [1.82, 2.24) is 29.1 Å². The zero-order valence-corrected chi connectivity index (χ0v) is 73.9. The van der Waals surface area contributed by atoms with Crippen molar-refractivity contribution < 1.29 is 85.9 Å². The quantitative estimate of drug-likeness (QED) is 0.0141. The lowest BCUT2D eigenvalue weighted by Gasteiger charge is -2.20. The van der Waals surface area contributed by atoms with E-state index >= 15 is 4.39 Å². The van der Waals surface area contributed by atoms with Crippen LogP contribution in [0.4, 0.5) is 42.9 Å². The molecule has 0 saturated heterocycles. The number of methoxy groups -OCH3 is 2. The molecule has 13 aromatic rings. The Hall–Kier alpha value is -14.4. The van der Waals surface area contributed by atoms with E-state index in [-0.39, 0.29) is 54.8 Å². The molecule has 33 heteroatoms. The van der Waals surface area contributed by atoms with Crippen LogP contribution in [0.3, 0.4) is 0 Å². The molecule has 0 saturated carbocycles. The average molecular weight is 1790 g/mol. The second-order valence-corrected chi connectivity index (χ2v) is 29.3. The lowest BCUT2D eigenvalue weighted by molar-refractivity contribution is -0.144. The summed E-state index contributed by atoms with van der Waals surface area (Å²) in [4.78, 5) is 138. The smallest absolute Gasteiger partial charge is 0.315 e. The van der Waals surface area contributed by atoms with Crippen molar-refractivity contribution in [3.05, 3.63) is 267 Å². The number of imidazole rings is 2. The lowest BCUT2D eigenvalue weighted by Crippen LogP contribution is -2.32. The Morgan fingerprint density at radius 1 is 0.441 bits per heavy atom. The van der Waals surface area contributed by atoms with Crippen molar-refractivity contribution in [3.8, 4) is 44.1 Å². The number of nitrogens with one attached hydrogen (secondary N) is 1. The number of anilines is 6. The van der Waals surface area contributed by atoms with Gasteiger partial charge in [0.1, 0.15) is 43.0 Å². The highest BCUT2D eigenvalue weighted by Gasteiger charge is 2.23. The number of ketones is 1. The van der Waals surface area contributed by atoms with Crippen LogP contribution in [0.5, 0.6) is 23.0 Å². The van der Waals surface area contributed by atoms with E-state index in [4.69, 9.17) is 37.0 Å². The van der Waals surface area contributed by atoms with Crippen LogP contribution >= 0.6 is 34.3 Å². The molecule has 0 aliphatic carbocycles. The number of thiophene rings is 2. The summed E-state index contributed by atoms with van der Waals surface area (Å²) in [6.07, 6.45) is 9.00. The fourth-order valence-electron chi connectivity index (χ4n) is 11.8. The van der Waals surface area contributed by atoms with E-state index < -0.39 is 65.4 Å². The summed E-state index contributed by atoms with van der Waals surface area (Å²) < 4.78 is 55.0. The van der Waals surface area contributed by atoms with E-state index in [0.29, 0.717) is 48.9 Å². The minimum atomic E-state index is -1.10. The highest BCUT2D eigenvalue weighted by Crippen LogP contribution is 2.41. The van der Waals surface area contributed by atoms with Gasteiger partial charge in [-0.2, -0.15) is 0 Å². The first-order valence-corrected chi connectivity index (χ1v) is 42.2. The molecule has 0 spiro atoms. The summed E-state index contributed by atoms with van der Waals surface area (Å²) in [7, 11) is 2.47. The number of aryl methyl sites for hydroxylation is 2. The Labute approximate surface area is 746 Å². The number of amides is 4. The molecular weight excluding hydrogens is 1690 g/mol. The van der Waals surface area contributed by atoms with Crippen LogP contribution < -0.4 is 40.1 Å². The molecule has 0 aliphatic rings. The highest BCUT2D eigenvalue weighted by molar-refractivity contribution is 7.23. The molecule has 4 amide bonds. The summed E-state index contributed by atoms with van der Waals surface area (Å²) in [5.74, 6) is -4.80. The number of nitrogens with zero attached hydrogens (tertiary/aromatic N) is 10. The third-order valence-corrected chi connectivity index (χ3v) is 20.4. The molecule has 664 valence electrons. The largest absolute Gasteiger partial charge is 0.481 e. The van der Waals surface area contributed by atoms with Crippen molar-refractivity contribution in [3.63, 3.8) is 0 Å². The van der Waals surface area contributed by atoms with Crippen LogP contribution in [-0.4, -0.2) is 145 Å². The molecule has 0 radical (unpaired) electrons. The van der Waals surface area contributed by atoms with Gasteiger partial charge in [0.05, 0.1) is 74.9 Å². The summed E-state index contributed by atoms with van der Waals surface area (Å²) in [5, 5.41) is 19.6. The summed E-state index contributed by atoms with van der Waals surface area (Å²) in [6.45, 7) is 18.1. The van der Waals surface area contributed by atoms with Gasteiger partial charge in [-0.1, -0.05) is 97.1 Å². The Balaban J connectivity index is 0.000000218. The lowest BCUT2D eigenvalue weighted by atomic mass is 10.1. The Bertz CT molecular complexity index is 5680. The first-order valence-electron chi connectivity index (χ1n) is 40.1. The SMILES string of the molecule is CCN(C(=O)CC(=O)Cc1ccc(Oc2ccnc3cc(-c4cn(CC)cn4)sc23)c(F)c1)c1ccccc1.CCN(C(=O)CC(=O)O)c1ccccc1.CCN(C(=O)CC(=O)O)c1ccccc1.CCN(C(=O)CC(=O)OC)c1ccccc1.CCNc1ccccc1.CCn1cnc(-c2cc3nccc(Oc4ccc(N)cc4F)c3s2)c1.COC(=O)CC(=O)Cl. The molecule has 13 rings (SSSR count). The normalized spacial score (nSPS) is 10.2. The molecule has 0 bridgehead atoms. The van der Waals surface area contributed by atoms with Crippen molar-refractivity contribution in [1.29, 1.82) is 0 Å². The Morgan fingerprint density at radius 2 is 0.803 bits per heavy atom. The van der Waals surface area contributed by atoms with Crippen molar-refractivity contribution in [2.75, 3.05) is 77.6 Å². The molecule has 6 aromatic heterocycles. The number of hydrogen-bond acceptors (Lipinski definition) is 22. The van der Waals surface area contributed by atoms with E-state index in [0.717, 1.165) is 84.0 Å². The number of Topliss-reactive ketones (excluding diaryl/α,β-unsaturated/α-hetero) is 1. The second-order valence-electron chi connectivity index (χ2n) is 26.8. The first-order chi connectivity index (χ1) is 61.2. The molecule has 6 heterocycles. The van der Waals surface area contributed by atoms with E-state index in [9.17, 15) is 52.3 Å². The first kappa shape index (κ1) is 99.7. The minimum Gasteiger partial charge on any atom is -0.481 e. The number of hydrogen-bond donors (Lipinski definition) is 4. The number of esters is 2. The van der Waals surface area contributed by atoms with Crippen LogP contribution in [0.15, 0.2) is 250 Å². The monoisotopic (exact) mass is 1790 g/mol. The van der Waals surface area contributed by atoms with Crippen molar-refractivity contribution in [2.45, 2.75) is 100 Å². The van der Waals surface area contributed by atoms with E-state index in [2.05, 4.69) is 60.7 Å². The number of carboxylic acid groups (broad SMARTS) is 2. The van der Waals surface area contributed by atoms with E-state index in [1.807, 2.05) is 184 Å². The van der Waals surface area contributed by atoms with Crippen LogP contribution in [0, 0.1) is 11.6 Å². The van der Waals surface area contributed by atoms with Crippen LogP contribution in [0.1, 0.15) is 86.1 Å². The predicted octanol–water partition coefficient (Wildman–Crippen LogP) is 18.4. The van der Waals surface area contributed by atoms with E-state index in [1.165, 1.54) is 76.6 Å². The van der Waals surface area contributed by atoms with E-state index in [1.54, 1.807) is 83.4 Å². The average Bonchev–Trinajstić information content (AvgIpc) is 1.65. The maximum atomic E-state index is 15.0. The maximum absolute atomic E-state index is 15.0. The number of aliphatic carboxylic acids is 2. The molecule has 5 N–H and O–H groups in total. The number of para-hydroxylation sites is 5. The van der Waals surface area contributed by atoms with Gasteiger partial charge in [0, 0.05) is 129 Å². The topological polar surface area (TPSA) is 361 Å². The summed E-state index contributed by atoms with van der Waals surface area (Å²) in [5.41, 5.74) is 13.9. The minimum absolute atomic E-state index is 0.0428. The van der Waals surface area contributed by atoms with Crippen molar-refractivity contribution in [2.24, 2.45) is 0 Å². The number of pyridine rings is 2. The fourth-order valence-corrected chi connectivity index (χ4v) is 14.0. The molecule has 7 aromatic carbocycles. The van der Waals surface area contributed by atoms with Crippen LogP contribution in [0.25, 0.3) is 41.6 Å². The zero-order valence-electron chi connectivity index (χ0n) is 71.5. The number of carbonyl (C=O) groups is 10. The standard InChI is InChI=1S/C30H27FN4O3S.C18H15FN4OS.C12H15NO3.2C11H13NO3.C8H11N.C4H5ClO3/c1-3-34-18-25(33-19-34)28-17-24-30(39-28)27(12-13-32-24)38-26-11-10-20(15-23(26)31)14-22(36)16-29(37)35(4-2)21-8-6-5-7-9-21;1-2-23-9-14(22-10-23)17-8-13-18(25-17)16(5-6-21-13)24-15-4-3-11(20)7-12(15)19;1-3-13(10-7-5-4-6-8-10)11(14)9-12(15)16-2;2*1-2-12(10(13)8-11(14)15)9-6-4-3-5-7-9;1-2-9-8-6-4-3-5-7-8;1-8-4(7)2-3(5)6/h5-13,15,17-19H,3-4,14,16H2,1-2H3;3-10H,2,20H2,1H3;4-8H,3,9H2,1-2H3;2*3-7H,2,8H2,1H3,(H,14,15);3-7,9H,2H2,1H3;2H2,1H3. The number of carbonyl (C=O) groups excluding carboxylic acids is 8. The van der Waals surface area contributed by atoms with Crippen molar-refractivity contribution >= 4 is 147 Å². The molecule has 0 atom stereocenters. The maximum Gasteiger partial charge on any atom is 0.315 e. The molecular formula is C94H99ClF2N12O16S2. The highest BCUT2D eigenvalue weighted by atomic mass is 35.5. The van der Waals surface area contributed by atoms with Gasteiger partial charge in [0.25, 0.3) is 0 Å². The van der Waals surface area contributed by atoms with Crippen LogP contribution in [-0.2, 0) is 76.9 Å². The van der Waals surface area contributed by atoms with Gasteiger partial charge < -0.3 is 68.9 Å². The number of nitrogen functional groups attached to an aromatic ring is 1. The van der Waals surface area contributed by atoms with Gasteiger partial charge >= 0.3 is 23.9 Å². The van der Waals surface area contributed by atoms with Crippen LogP contribution in [0.2, 0.25) is 0 Å². The second kappa shape index (κ2) is 52.3. The molecule has 0 aliphatic heterocycles. The number of aromatic nitrogens is 6. The molecule has 0 fully saturated rings. The van der Waals surface area contributed by atoms with Gasteiger partial charge in [0.2, 0.25) is 28.9 Å². The molecule has 0 unspecified atom stereocenters. The summed E-state index contributed by atoms with van der Waals surface area (Å²) >= 11 is 7.81. The number of ether oxygens (including phenoxy) is 4. The molecule has 127 heavy (non-hydrogen) atoms. The number of halogens is 3. The Morgan fingerprint density at radius 3 is 1.13 bits per heavy atom. The van der Waals surface area contributed by atoms with Gasteiger partial charge in [-0.15, -0.1) is 22.7 Å². The number of benzene rings is 7. The summed E-state index contributed by atoms with van der Waals surface area (Å²) in [6, 6.07) is 62.8. The number of nitrogens with two attached hydrogens (primary N) is 1. The van der Waals surface area contributed by atoms with Gasteiger partial charge in [0.15, 0.2) is 23.1 Å². The number of rotatable bonds is 30. The number of fused-ring (bicyclic) bond motifs is 2. The Kier molecular flexibility index (Phi) is 41.1. The molecule has 28 nitrogen and oxygen atoms in total. The van der Waals surface area contributed by atoms with Gasteiger partial charge in [-0.05, 0) is 163 Å². The third-order valence-electron chi connectivity index (χ3n) is 17.9. The number of carboxylic acids is 2. The predicted molar refractivity (Wildman–Crippen MR) is 491 cm³/mol. The zero-order chi connectivity index (χ0) is 92.3. The fraction of sp³-hybridized carbons (Fsp3) is 0.234. The third kappa shape index (κ3) is 32.0. The van der Waals surface area contributed by atoms with Gasteiger partial charge in [-0.3, -0.25) is 57.9 Å². The van der Waals surface area contributed by atoms with Gasteiger partial charge in [-0.25, -0.2) is 18.7 Å².